The molecule has 0 saturated carbocycles. The van der Waals surface area contributed by atoms with Gasteiger partial charge in [-0.05, 0) is 56.7 Å². The van der Waals surface area contributed by atoms with E-state index in [9.17, 15) is 9.59 Å². The highest BCUT2D eigenvalue weighted by molar-refractivity contribution is 5.86. The Bertz CT molecular complexity index is 1160. The van der Waals surface area contributed by atoms with E-state index in [1.165, 1.54) is 0 Å². The number of carbonyl (C=O) groups is 2. The Hall–Kier alpha value is -3.36. The molecule has 0 bridgehead atoms. The first-order valence-electron chi connectivity index (χ1n) is 13.3. The molecule has 38 heavy (non-hydrogen) atoms. The largest absolute Gasteiger partial charge is 0.444 e. The fourth-order valence-corrected chi connectivity index (χ4v) is 4.08. The van der Waals surface area contributed by atoms with Gasteiger partial charge in [0, 0.05) is 17.1 Å². The van der Waals surface area contributed by atoms with Crippen LogP contribution in [0.5, 0.6) is 0 Å². The number of ether oxygens (including phenoxy) is 1. The van der Waals surface area contributed by atoms with Crippen molar-refractivity contribution in [2.75, 3.05) is 6.61 Å². The number of H-pyrrole nitrogens is 1. The number of benzene rings is 2. The van der Waals surface area contributed by atoms with Crippen molar-refractivity contribution in [3.63, 3.8) is 0 Å². The van der Waals surface area contributed by atoms with E-state index in [1.807, 2.05) is 60.8 Å². The second kappa shape index (κ2) is 14.0. The van der Waals surface area contributed by atoms with Crippen LogP contribution in [0, 0.1) is 5.92 Å². The molecule has 0 aliphatic rings. The lowest BCUT2D eigenvalue weighted by atomic mass is 9.98. The van der Waals surface area contributed by atoms with Gasteiger partial charge in [-0.2, -0.15) is 0 Å². The van der Waals surface area contributed by atoms with Crippen molar-refractivity contribution in [3.8, 4) is 0 Å². The summed E-state index contributed by atoms with van der Waals surface area (Å²) in [4.78, 5) is 40.3. The maximum atomic E-state index is 13.5. The topological polar surface area (TPSA) is 102 Å². The number of aromatic amines is 1. The third-order valence-electron chi connectivity index (χ3n) is 6.25. The highest BCUT2D eigenvalue weighted by atomic mass is 17.2. The van der Waals surface area contributed by atoms with E-state index in [0.717, 1.165) is 28.5 Å². The van der Waals surface area contributed by atoms with Crippen molar-refractivity contribution in [1.29, 1.82) is 0 Å². The van der Waals surface area contributed by atoms with Gasteiger partial charge in [0.25, 0.3) is 0 Å². The summed E-state index contributed by atoms with van der Waals surface area (Å²) in [7, 11) is 0. The lowest BCUT2D eigenvalue weighted by Gasteiger charge is -2.26. The van der Waals surface area contributed by atoms with Gasteiger partial charge in [0.15, 0.2) is 0 Å². The Morgan fingerprint density at radius 2 is 1.68 bits per heavy atom. The number of alkyl carbamates (subject to hydrolysis) is 1. The van der Waals surface area contributed by atoms with Crippen LogP contribution in [0.4, 0.5) is 4.79 Å². The Kier molecular flexibility index (Phi) is 10.7. The van der Waals surface area contributed by atoms with E-state index in [4.69, 9.17) is 14.5 Å². The normalized spacial score (nSPS) is 14.0. The standard InChI is InChI=1S/C30H41N3O5/c1-6-21(2)16-27(33-29(35)38-30(3,4)5)28(34)32-24(20-37-36-19-22-12-8-7-9-13-22)17-23-18-31-26-15-11-10-14-25(23)26/h7-15,18,21,24,27,31H,6,16-17,19-20H2,1-5H3,(H,32,34)(H,33,35)/t21-,24?,27?/m1/s1. The Morgan fingerprint density at radius 3 is 2.39 bits per heavy atom. The van der Waals surface area contributed by atoms with Gasteiger partial charge in [-0.1, -0.05) is 68.8 Å². The summed E-state index contributed by atoms with van der Waals surface area (Å²) in [5.74, 6) is -0.0501. The van der Waals surface area contributed by atoms with Crippen LogP contribution in [0.25, 0.3) is 10.9 Å². The SMILES string of the molecule is CC[C@@H](C)CC(NC(=O)OC(C)(C)C)C(=O)NC(COOCc1ccccc1)Cc1c[nH]c2ccccc12. The van der Waals surface area contributed by atoms with Crippen LogP contribution in [0.2, 0.25) is 0 Å². The minimum absolute atomic E-state index is 0.139. The molecule has 206 valence electrons. The minimum atomic E-state index is -0.740. The van der Waals surface area contributed by atoms with E-state index in [1.54, 1.807) is 20.8 Å². The molecule has 2 amide bonds. The van der Waals surface area contributed by atoms with E-state index in [0.29, 0.717) is 19.4 Å². The number of hydrogen-bond acceptors (Lipinski definition) is 5. The number of para-hydroxylation sites is 1. The molecule has 3 aromatic rings. The number of nitrogens with one attached hydrogen (secondary N) is 3. The van der Waals surface area contributed by atoms with Crippen LogP contribution in [0.15, 0.2) is 60.8 Å². The molecule has 0 fully saturated rings. The second-order valence-electron chi connectivity index (χ2n) is 10.7. The quantitative estimate of drug-likeness (QED) is 0.152. The van der Waals surface area contributed by atoms with Crippen molar-refractivity contribution in [3.05, 3.63) is 71.9 Å². The number of rotatable bonds is 13. The molecule has 1 aromatic heterocycles. The fourth-order valence-electron chi connectivity index (χ4n) is 4.08. The summed E-state index contributed by atoms with van der Waals surface area (Å²) >= 11 is 0. The maximum absolute atomic E-state index is 13.5. The average molecular weight is 524 g/mol. The lowest BCUT2D eigenvalue weighted by molar-refractivity contribution is -0.306. The molecule has 8 nitrogen and oxygen atoms in total. The number of hydrogen-bond donors (Lipinski definition) is 3. The Labute approximate surface area is 225 Å². The third-order valence-corrected chi connectivity index (χ3v) is 6.25. The van der Waals surface area contributed by atoms with Gasteiger partial charge in [-0.15, -0.1) is 0 Å². The summed E-state index contributed by atoms with van der Waals surface area (Å²) in [6, 6.07) is 16.6. The third kappa shape index (κ3) is 9.50. The molecule has 1 heterocycles. The molecule has 3 atom stereocenters. The predicted molar refractivity (Wildman–Crippen MR) is 148 cm³/mol. The van der Waals surface area contributed by atoms with Crippen molar-refractivity contribution in [2.24, 2.45) is 5.92 Å². The monoisotopic (exact) mass is 523 g/mol. The van der Waals surface area contributed by atoms with Crippen molar-refractivity contribution < 1.29 is 24.1 Å². The maximum Gasteiger partial charge on any atom is 0.408 e. The lowest BCUT2D eigenvalue weighted by Crippen LogP contribution is -2.52. The molecule has 2 unspecified atom stereocenters. The zero-order valence-electron chi connectivity index (χ0n) is 23.1. The van der Waals surface area contributed by atoms with E-state index >= 15 is 0 Å². The molecule has 0 saturated heterocycles. The molecule has 3 rings (SSSR count). The summed E-state index contributed by atoms with van der Waals surface area (Å²) in [5.41, 5.74) is 2.40. The van der Waals surface area contributed by atoms with E-state index < -0.39 is 23.8 Å². The molecular weight excluding hydrogens is 482 g/mol. The molecule has 0 aliphatic carbocycles. The van der Waals surface area contributed by atoms with Gasteiger partial charge in [0.2, 0.25) is 5.91 Å². The molecule has 3 N–H and O–H groups in total. The van der Waals surface area contributed by atoms with E-state index in [-0.39, 0.29) is 18.4 Å². The summed E-state index contributed by atoms with van der Waals surface area (Å²) in [5, 5.41) is 6.94. The molecule has 2 aromatic carbocycles. The fraction of sp³-hybridized carbons (Fsp3) is 0.467. The highest BCUT2D eigenvalue weighted by Gasteiger charge is 2.28. The molecular formula is C30H41N3O5. The molecule has 0 radical (unpaired) electrons. The van der Waals surface area contributed by atoms with Gasteiger partial charge in [-0.3, -0.25) is 4.79 Å². The predicted octanol–water partition coefficient (Wildman–Crippen LogP) is 5.67. The average Bonchev–Trinajstić information content (AvgIpc) is 3.28. The Morgan fingerprint density at radius 1 is 0.974 bits per heavy atom. The van der Waals surface area contributed by atoms with Crippen LogP contribution < -0.4 is 10.6 Å². The summed E-state index contributed by atoms with van der Waals surface area (Å²) < 4.78 is 5.41. The number of aromatic nitrogens is 1. The van der Waals surface area contributed by atoms with Crippen molar-refractivity contribution in [2.45, 2.75) is 78.2 Å². The number of fused-ring (bicyclic) bond motifs is 1. The molecule has 0 aliphatic heterocycles. The second-order valence-corrected chi connectivity index (χ2v) is 10.7. The molecule has 0 spiro atoms. The van der Waals surface area contributed by atoms with Gasteiger partial charge < -0.3 is 20.4 Å². The van der Waals surface area contributed by atoms with Crippen LogP contribution >= 0.6 is 0 Å². The van der Waals surface area contributed by atoms with E-state index in [2.05, 4.69) is 29.5 Å². The number of carbonyl (C=O) groups excluding carboxylic acids is 2. The summed E-state index contributed by atoms with van der Waals surface area (Å²) in [6.45, 7) is 9.93. The first kappa shape index (κ1) is 29.2. The number of amides is 2. The van der Waals surface area contributed by atoms with Crippen LogP contribution in [0.3, 0.4) is 0 Å². The van der Waals surface area contributed by atoms with Crippen molar-refractivity contribution in [1.82, 2.24) is 15.6 Å². The van der Waals surface area contributed by atoms with Crippen LogP contribution in [-0.4, -0.2) is 41.3 Å². The first-order valence-corrected chi connectivity index (χ1v) is 13.3. The van der Waals surface area contributed by atoms with Gasteiger partial charge in [0.05, 0.1) is 6.04 Å². The van der Waals surface area contributed by atoms with Gasteiger partial charge in [0.1, 0.15) is 24.9 Å². The van der Waals surface area contributed by atoms with Crippen molar-refractivity contribution >= 4 is 22.9 Å². The first-order chi connectivity index (χ1) is 18.1. The summed E-state index contributed by atoms with van der Waals surface area (Å²) in [6.07, 6.45) is 3.23. The van der Waals surface area contributed by atoms with Gasteiger partial charge in [-0.25, -0.2) is 14.6 Å². The molecule has 8 heteroatoms. The zero-order chi connectivity index (χ0) is 27.5. The highest BCUT2D eigenvalue weighted by Crippen LogP contribution is 2.20. The Balaban J connectivity index is 1.71. The smallest absolute Gasteiger partial charge is 0.408 e. The minimum Gasteiger partial charge on any atom is -0.444 e. The van der Waals surface area contributed by atoms with Crippen LogP contribution in [-0.2, 0) is 32.3 Å². The van der Waals surface area contributed by atoms with Gasteiger partial charge >= 0.3 is 6.09 Å². The van der Waals surface area contributed by atoms with Crippen LogP contribution in [0.1, 0.15) is 58.6 Å². The zero-order valence-corrected chi connectivity index (χ0v) is 23.1.